The fourth-order valence-corrected chi connectivity index (χ4v) is 3.24. The lowest BCUT2D eigenvalue weighted by Gasteiger charge is -2.27. The highest BCUT2D eigenvalue weighted by molar-refractivity contribution is 5.26. The van der Waals surface area contributed by atoms with Crippen molar-refractivity contribution in [2.75, 3.05) is 20.6 Å². The third-order valence-electron chi connectivity index (χ3n) is 4.22. The van der Waals surface area contributed by atoms with Crippen molar-refractivity contribution in [3.63, 3.8) is 0 Å². The maximum atomic E-state index is 3.26. The van der Waals surface area contributed by atoms with Gasteiger partial charge in [-0.3, -0.25) is 0 Å². The summed E-state index contributed by atoms with van der Waals surface area (Å²) >= 11 is 0. The second-order valence-electron chi connectivity index (χ2n) is 6.00. The van der Waals surface area contributed by atoms with Crippen molar-refractivity contribution in [3.8, 4) is 0 Å². The largest absolute Gasteiger partial charge is 0.316 e. The van der Waals surface area contributed by atoms with Gasteiger partial charge in [0.05, 0.1) is 0 Å². The zero-order valence-electron chi connectivity index (χ0n) is 12.5. The Bertz CT molecular complexity index is 369. The standard InChI is InChI=1S/C17H28N2/c1-18-12-16-10-6-7-11-17(16)14-19(2)13-15-8-4-3-5-9-15/h6-7,10-11,15,18H,3-5,8-9,12-14H2,1-2H3. The first-order valence-electron chi connectivity index (χ1n) is 7.69. The molecule has 0 aromatic heterocycles. The van der Waals surface area contributed by atoms with Crippen LogP contribution in [0.2, 0.25) is 0 Å². The van der Waals surface area contributed by atoms with Gasteiger partial charge >= 0.3 is 0 Å². The monoisotopic (exact) mass is 260 g/mol. The van der Waals surface area contributed by atoms with Gasteiger partial charge < -0.3 is 10.2 Å². The molecule has 1 aliphatic carbocycles. The summed E-state index contributed by atoms with van der Waals surface area (Å²) in [6, 6.07) is 8.80. The van der Waals surface area contributed by atoms with E-state index in [-0.39, 0.29) is 0 Å². The molecule has 1 fully saturated rings. The molecule has 0 heterocycles. The van der Waals surface area contributed by atoms with Gasteiger partial charge in [0.25, 0.3) is 0 Å². The molecule has 0 bridgehead atoms. The zero-order chi connectivity index (χ0) is 13.5. The summed E-state index contributed by atoms with van der Waals surface area (Å²) in [5.41, 5.74) is 2.90. The molecule has 19 heavy (non-hydrogen) atoms. The topological polar surface area (TPSA) is 15.3 Å². The summed E-state index contributed by atoms with van der Waals surface area (Å²) in [7, 11) is 4.29. The molecule has 0 spiro atoms. The molecule has 2 rings (SSSR count). The second-order valence-corrected chi connectivity index (χ2v) is 6.00. The van der Waals surface area contributed by atoms with E-state index in [0.717, 1.165) is 19.0 Å². The Hall–Kier alpha value is -0.860. The molecule has 1 N–H and O–H groups in total. The minimum atomic E-state index is 0.926. The van der Waals surface area contributed by atoms with E-state index in [1.54, 1.807) is 0 Å². The maximum absolute atomic E-state index is 3.26. The van der Waals surface area contributed by atoms with E-state index in [1.807, 2.05) is 7.05 Å². The number of hydrogen-bond acceptors (Lipinski definition) is 2. The third kappa shape index (κ3) is 4.63. The van der Waals surface area contributed by atoms with Crippen LogP contribution in [0.4, 0.5) is 0 Å². The van der Waals surface area contributed by atoms with Crippen LogP contribution in [-0.2, 0) is 13.1 Å². The van der Waals surface area contributed by atoms with Crippen molar-refractivity contribution in [1.29, 1.82) is 0 Å². The van der Waals surface area contributed by atoms with Crippen molar-refractivity contribution in [2.24, 2.45) is 5.92 Å². The molecular formula is C17H28N2. The SMILES string of the molecule is CNCc1ccccc1CN(C)CC1CCCCC1. The number of nitrogens with zero attached hydrogens (tertiary/aromatic N) is 1. The predicted molar refractivity (Wildman–Crippen MR) is 82.1 cm³/mol. The van der Waals surface area contributed by atoms with Gasteiger partial charge in [-0.2, -0.15) is 0 Å². The first-order valence-corrected chi connectivity index (χ1v) is 7.69. The van der Waals surface area contributed by atoms with Crippen molar-refractivity contribution >= 4 is 0 Å². The van der Waals surface area contributed by atoms with Crippen molar-refractivity contribution in [2.45, 2.75) is 45.2 Å². The molecular weight excluding hydrogens is 232 g/mol. The van der Waals surface area contributed by atoms with Crippen molar-refractivity contribution in [3.05, 3.63) is 35.4 Å². The van der Waals surface area contributed by atoms with E-state index in [2.05, 4.69) is 41.5 Å². The average Bonchev–Trinajstić information content (AvgIpc) is 2.42. The minimum Gasteiger partial charge on any atom is -0.316 e. The predicted octanol–water partition coefficient (Wildman–Crippen LogP) is 3.42. The molecule has 2 heteroatoms. The second kappa shape index (κ2) is 7.66. The zero-order valence-corrected chi connectivity index (χ0v) is 12.5. The molecule has 1 aliphatic rings. The third-order valence-corrected chi connectivity index (χ3v) is 4.22. The summed E-state index contributed by atoms with van der Waals surface area (Å²) < 4.78 is 0. The van der Waals surface area contributed by atoms with Gasteiger partial charge in [0.1, 0.15) is 0 Å². The lowest BCUT2D eigenvalue weighted by molar-refractivity contribution is 0.227. The van der Waals surface area contributed by atoms with Crippen LogP contribution in [0.15, 0.2) is 24.3 Å². The molecule has 106 valence electrons. The first-order chi connectivity index (χ1) is 9.29. The van der Waals surface area contributed by atoms with Gasteiger partial charge in [0, 0.05) is 19.6 Å². The van der Waals surface area contributed by atoms with E-state index < -0.39 is 0 Å². The van der Waals surface area contributed by atoms with E-state index in [1.165, 1.54) is 49.8 Å². The number of benzene rings is 1. The van der Waals surface area contributed by atoms with Gasteiger partial charge in [-0.05, 0) is 44.0 Å². The van der Waals surface area contributed by atoms with Crippen LogP contribution in [0.5, 0.6) is 0 Å². The normalized spacial score (nSPS) is 17.0. The van der Waals surface area contributed by atoms with Gasteiger partial charge in [-0.1, -0.05) is 43.5 Å². The van der Waals surface area contributed by atoms with Gasteiger partial charge in [0.2, 0.25) is 0 Å². The number of nitrogens with one attached hydrogen (secondary N) is 1. The molecule has 2 nitrogen and oxygen atoms in total. The van der Waals surface area contributed by atoms with Crippen molar-refractivity contribution < 1.29 is 0 Å². The molecule has 1 saturated carbocycles. The lowest BCUT2D eigenvalue weighted by Crippen LogP contribution is -2.27. The van der Waals surface area contributed by atoms with Crippen LogP contribution >= 0.6 is 0 Å². The Labute approximate surface area is 118 Å². The van der Waals surface area contributed by atoms with Gasteiger partial charge in [0.15, 0.2) is 0 Å². The Balaban J connectivity index is 1.88. The molecule has 0 unspecified atom stereocenters. The van der Waals surface area contributed by atoms with Crippen LogP contribution in [0.1, 0.15) is 43.2 Å². The molecule has 0 amide bonds. The highest BCUT2D eigenvalue weighted by Crippen LogP contribution is 2.24. The lowest BCUT2D eigenvalue weighted by atomic mass is 9.89. The fraction of sp³-hybridized carbons (Fsp3) is 0.647. The Morgan fingerprint density at radius 1 is 1.11 bits per heavy atom. The molecule has 0 aliphatic heterocycles. The van der Waals surface area contributed by atoms with Gasteiger partial charge in [-0.15, -0.1) is 0 Å². The molecule has 0 radical (unpaired) electrons. The molecule has 1 aromatic rings. The number of rotatable bonds is 6. The highest BCUT2D eigenvalue weighted by Gasteiger charge is 2.15. The summed E-state index contributed by atoms with van der Waals surface area (Å²) in [5.74, 6) is 0.926. The van der Waals surface area contributed by atoms with E-state index in [9.17, 15) is 0 Å². The quantitative estimate of drug-likeness (QED) is 0.843. The summed E-state index contributed by atoms with van der Waals surface area (Å²) in [6.07, 6.45) is 7.19. The maximum Gasteiger partial charge on any atom is 0.0234 e. The highest BCUT2D eigenvalue weighted by atomic mass is 15.1. The Morgan fingerprint density at radius 3 is 2.47 bits per heavy atom. The first kappa shape index (κ1) is 14.5. The summed E-state index contributed by atoms with van der Waals surface area (Å²) in [6.45, 7) is 3.30. The Morgan fingerprint density at radius 2 is 1.79 bits per heavy atom. The van der Waals surface area contributed by atoms with E-state index in [4.69, 9.17) is 0 Å². The van der Waals surface area contributed by atoms with Crippen LogP contribution in [-0.4, -0.2) is 25.5 Å². The van der Waals surface area contributed by atoms with Crippen molar-refractivity contribution in [1.82, 2.24) is 10.2 Å². The van der Waals surface area contributed by atoms with Gasteiger partial charge in [-0.25, -0.2) is 0 Å². The van der Waals surface area contributed by atoms with E-state index in [0.29, 0.717) is 0 Å². The number of hydrogen-bond donors (Lipinski definition) is 1. The van der Waals surface area contributed by atoms with E-state index >= 15 is 0 Å². The smallest absolute Gasteiger partial charge is 0.0234 e. The van der Waals surface area contributed by atoms with Crippen LogP contribution in [0, 0.1) is 5.92 Å². The Kier molecular flexibility index (Phi) is 5.87. The minimum absolute atomic E-state index is 0.926. The van der Waals surface area contributed by atoms with Crippen LogP contribution in [0.3, 0.4) is 0 Å². The average molecular weight is 260 g/mol. The molecule has 0 saturated heterocycles. The van der Waals surface area contributed by atoms with Crippen LogP contribution in [0.25, 0.3) is 0 Å². The molecule has 0 atom stereocenters. The summed E-state index contributed by atoms with van der Waals surface area (Å²) in [5, 5.41) is 3.26. The fourth-order valence-electron chi connectivity index (χ4n) is 3.24. The molecule has 1 aromatic carbocycles. The van der Waals surface area contributed by atoms with Crippen LogP contribution < -0.4 is 5.32 Å². The summed E-state index contributed by atoms with van der Waals surface area (Å²) in [4.78, 5) is 2.50.